The molecule has 2 aromatic carbocycles. The number of hydrogen-bond acceptors (Lipinski definition) is 5. The molecule has 0 bridgehead atoms. The normalized spacial score (nSPS) is 23.7. The number of amides is 3. The van der Waals surface area contributed by atoms with Crippen molar-refractivity contribution in [3.8, 4) is 5.75 Å². The third kappa shape index (κ3) is 3.80. The molecule has 0 radical (unpaired) electrons. The van der Waals surface area contributed by atoms with Gasteiger partial charge < -0.3 is 21.1 Å². The summed E-state index contributed by atoms with van der Waals surface area (Å²) in [5, 5.41) is 9.61. The lowest BCUT2D eigenvalue weighted by molar-refractivity contribution is -0.130. The first-order valence-electron chi connectivity index (χ1n) is 10.4. The molecule has 3 atom stereocenters. The number of rotatable bonds is 6. The number of hydrogen-bond donors (Lipinski definition) is 4. The highest BCUT2D eigenvalue weighted by Gasteiger charge is 2.60. The van der Waals surface area contributed by atoms with Gasteiger partial charge in [-0.3, -0.25) is 19.7 Å². The summed E-state index contributed by atoms with van der Waals surface area (Å²) in [6.45, 7) is 1.93. The molecule has 1 fully saturated rings. The second kappa shape index (κ2) is 8.44. The van der Waals surface area contributed by atoms with Crippen LogP contribution in [0.2, 0.25) is 5.02 Å². The maximum Gasteiger partial charge on any atom is 0.250 e. The summed E-state index contributed by atoms with van der Waals surface area (Å²) in [6, 6.07) is 10.3. The molecule has 0 saturated carbocycles. The standard InChI is InChI=1S/C23H25ClN4O4/c1-12-3-6-17-15(9-12)23(22(31)27-17)16(11-14(28-23)5-8-20(25)29)21(30)26-18-10-13(24)4-7-19(18)32-2/h3-4,6-7,9-10,14,16,28H,5,8,11H2,1-2H3,(H2,25,29)(H,26,30)(H,27,31). The molecule has 2 heterocycles. The number of halogens is 1. The molecule has 32 heavy (non-hydrogen) atoms. The van der Waals surface area contributed by atoms with Crippen molar-refractivity contribution >= 4 is 40.7 Å². The van der Waals surface area contributed by atoms with Crippen molar-refractivity contribution in [2.24, 2.45) is 11.7 Å². The van der Waals surface area contributed by atoms with Crippen LogP contribution < -0.4 is 26.4 Å². The van der Waals surface area contributed by atoms with Gasteiger partial charge in [0.05, 0.1) is 18.7 Å². The Kier molecular flexibility index (Phi) is 5.83. The summed E-state index contributed by atoms with van der Waals surface area (Å²) < 4.78 is 5.34. The number of anilines is 2. The molecule has 3 unspecified atom stereocenters. The van der Waals surface area contributed by atoms with Crippen molar-refractivity contribution in [2.45, 2.75) is 37.8 Å². The Labute approximate surface area is 190 Å². The van der Waals surface area contributed by atoms with Crippen molar-refractivity contribution in [3.63, 3.8) is 0 Å². The van der Waals surface area contributed by atoms with Crippen molar-refractivity contribution in [1.82, 2.24) is 5.32 Å². The van der Waals surface area contributed by atoms with E-state index in [0.717, 1.165) is 11.1 Å². The maximum absolute atomic E-state index is 13.6. The molecular weight excluding hydrogens is 432 g/mol. The summed E-state index contributed by atoms with van der Waals surface area (Å²) >= 11 is 6.11. The minimum absolute atomic E-state index is 0.159. The number of carbonyl (C=O) groups excluding carboxylic acids is 3. The molecule has 2 aliphatic heterocycles. The summed E-state index contributed by atoms with van der Waals surface area (Å²) in [4.78, 5) is 38.2. The number of fused-ring (bicyclic) bond motifs is 2. The minimum atomic E-state index is -1.25. The van der Waals surface area contributed by atoms with E-state index in [-0.39, 0.29) is 24.3 Å². The van der Waals surface area contributed by atoms with Gasteiger partial charge >= 0.3 is 0 Å². The summed E-state index contributed by atoms with van der Waals surface area (Å²) in [5.74, 6) is -1.33. The molecule has 0 aliphatic carbocycles. The highest BCUT2D eigenvalue weighted by atomic mass is 35.5. The molecule has 8 nitrogen and oxygen atoms in total. The van der Waals surface area contributed by atoms with E-state index in [1.807, 2.05) is 25.1 Å². The van der Waals surface area contributed by atoms with Crippen LogP contribution in [-0.2, 0) is 19.9 Å². The zero-order chi connectivity index (χ0) is 23.0. The van der Waals surface area contributed by atoms with Gasteiger partial charge in [0.15, 0.2) is 0 Å². The highest BCUT2D eigenvalue weighted by Crippen LogP contribution is 2.48. The third-order valence-corrected chi connectivity index (χ3v) is 6.39. The molecule has 168 valence electrons. The van der Waals surface area contributed by atoms with Gasteiger partial charge in [0, 0.05) is 28.7 Å². The SMILES string of the molecule is COc1ccc(Cl)cc1NC(=O)C1CC(CCC(N)=O)NC12C(=O)Nc1ccc(C)cc12. The van der Waals surface area contributed by atoms with Crippen molar-refractivity contribution < 1.29 is 19.1 Å². The van der Waals surface area contributed by atoms with E-state index in [1.165, 1.54) is 7.11 Å². The summed E-state index contributed by atoms with van der Waals surface area (Å²) in [5.41, 5.74) is 6.86. The van der Waals surface area contributed by atoms with Gasteiger partial charge in [-0.2, -0.15) is 0 Å². The third-order valence-electron chi connectivity index (χ3n) is 6.16. The van der Waals surface area contributed by atoms with Gasteiger partial charge in [0.2, 0.25) is 17.7 Å². The number of nitrogens with one attached hydrogen (secondary N) is 3. The Morgan fingerprint density at radius 1 is 1.28 bits per heavy atom. The predicted molar refractivity (Wildman–Crippen MR) is 122 cm³/mol. The van der Waals surface area contributed by atoms with Crippen LogP contribution in [0.1, 0.15) is 30.4 Å². The number of carbonyl (C=O) groups is 3. The molecule has 3 amide bonds. The van der Waals surface area contributed by atoms with E-state index in [0.29, 0.717) is 35.0 Å². The van der Waals surface area contributed by atoms with Gasteiger partial charge in [0.25, 0.3) is 0 Å². The lowest BCUT2D eigenvalue weighted by Gasteiger charge is -2.29. The molecule has 9 heteroatoms. The van der Waals surface area contributed by atoms with Crippen LogP contribution >= 0.6 is 11.6 Å². The second-order valence-electron chi connectivity index (χ2n) is 8.28. The van der Waals surface area contributed by atoms with Gasteiger partial charge in [-0.1, -0.05) is 29.3 Å². The maximum atomic E-state index is 13.6. The number of benzene rings is 2. The van der Waals surface area contributed by atoms with Crippen LogP contribution in [0.25, 0.3) is 0 Å². The number of methoxy groups -OCH3 is 1. The highest BCUT2D eigenvalue weighted by molar-refractivity contribution is 6.31. The van der Waals surface area contributed by atoms with Crippen LogP contribution in [0.4, 0.5) is 11.4 Å². The van der Waals surface area contributed by atoms with Crippen LogP contribution in [0, 0.1) is 12.8 Å². The van der Waals surface area contributed by atoms with Crippen LogP contribution in [0.3, 0.4) is 0 Å². The van der Waals surface area contributed by atoms with Crippen LogP contribution in [-0.4, -0.2) is 30.9 Å². The van der Waals surface area contributed by atoms with Gasteiger partial charge in [-0.25, -0.2) is 0 Å². The van der Waals surface area contributed by atoms with E-state index in [9.17, 15) is 14.4 Å². The fourth-order valence-electron chi connectivity index (χ4n) is 4.68. The van der Waals surface area contributed by atoms with Crippen molar-refractivity contribution in [3.05, 3.63) is 52.5 Å². The average Bonchev–Trinajstić information content (AvgIpc) is 3.26. The Balaban J connectivity index is 1.72. The second-order valence-corrected chi connectivity index (χ2v) is 8.72. The number of primary amides is 1. The minimum Gasteiger partial charge on any atom is -0.495 e. The molecule has 4 rings (SSSR count). The predicted octanol–water partition coefficient (Wildman–Crippen LogP) is 2.69. The van der Waals surface area contributed by atoms with Crippen LogP contribution in [0.15, 0.2) is 36.4 Å². The molecule has 5 N–H and O–H groups in total. The zero-order valence-electron chi connectivity index (χ0n) is 17.8. The van der Waals surface area contributed by atoms with E-state index < -0.39 is 17.4 Å². The summed E-state index contributed by atoms with van der Waals surface area (Å²) in [6.07, 6.45) is 0.949. The van der Waals surface area contributed by atoms with E-state index >= 15 is 0 Å². The Morgan fingerprint density at radius 2 is 2.06 bits per heavy atom. The topological polar surface area (TPSA) is 123 Å². The first-order chi connectivity index (χ1) is 15.2. The van der Waals surface area contributed by atoms with E-state index in [2.05, 4.69) is 16.0 Å². The van der Waals surface area contributed by atoms with Crippen LogP contribution in [0.5, 0.6) is 5.75 Å². The number of nitrogens with two attached hydrogens (primary N) is 1. The number of ether oxygens (including phenoxy) is 1. The molecule has 2 aromatic rings. The fourth-order valence-corrected chi connectivity index (χ4v) is 4.85. The van der Waals surface area contributed by atoms with Gasteiger partial charge in [-0.15, -0.1) is 0 Å². The molecule has 1 saturated heterocycles. The van der Waals surface area contributed by atoms with E-state index in [4.69, 9.17) is 22.1 Å². The fraction of sp³-hybridized carbons (Fsp3) is 0.348. The zero-order valence-corrected chi connectivity index (χ0v) is 18.6. The lowest BCUT2D eigenvalue weighted by Crippen LogP contribution is -2.52. The molecule has 1 spiro atoms. The van der Waals surface area contributed by atoms with Crippen molar-refractivity contribution in [1.29, 1.82) is 0 Å². The lowest BCUT2D eigenvalue weighted by atomic mass is 9.79. The molecule has 2 aliphatic rings. The monoisotopic (exact) mass is 456 g/mol. The Hall–Kier alpha value is -3.10. The number of aryl methyl sites for hydroxylation is 1. The molecular formula is C23H25ClN4O4. The van der Waals surface area contributed by atoms with E-state index in [1.54, 1.807) is 18.2 Å². The Morgan fingerprint density at radius 3 is 2.78 bits per heavy atom. The van der Waals surface area contributed by atoms with Gasteiger partial charge in [-0.05, 0) is 44.0 Å². The Bertz CT molecular complexity index is 1110. The summed E-state index contributed by atoms with van der Waals surface area (Å²) in [7, 11) is 1.50. The quantitative estimate of drug-likeness (QED) is 0.532. The smallest absolute Gasteiger partial charge is 0.250 e. The first-order valence-corrected chi connectivity index (χ1v) is 10.8. The van der Waals surface area contributed by atoms with Crippen molar-refractivity contribution in [2.75, 3.05) is 17.7 Å². The first kappa shape index (κ1) is 22.1. The molecule has 0 aromatic heterocycles. The van der Waals surface area contributed by atoms with Gasteiger partial charge in [0.1, 0.15) is 11.3 Å². The average molecular weight is 457 g/mol. The largest absolute Gasteiger partial charge is 0.495 e.